The lowest BCUT2D eigenvalue weighted by Gasteiger charge is -2.30. The van der Waals surface area contributed by atoms with Crippen molar-refractivity contribution in [3.8, 4) is 0 Å². The van der Waals surface area contributed by atoms with Gasteiger partial charge in [0.2, 0.25) is 0 Å². The minimum Gasteiger partial charge on any atom is -0.285 e. The molecule has 13 heavy (non-hydrogen) atoms. The summed E-state index contributed by atoms with van der Waals surface area (Å²) in [7, 11) is 1.88. The van der Waals surface area contributed by atoms with Crippen molar-refractivity contribution in [3.05, 3.63) is 23.3 Å². The third-order valence-electron chi connectivity index (χ3n) is 2.47. The number of amides is 1. The molecule has 0 aromatic rings. The summed E-state index contributed by atoms with van der Waals surface area (Å²) in [6, 6.07) is 0. The number of hydrazine groups is 1. The average Bonchev–Trinajstić information content (AvgIpc) is 2.02. The van der Waals surface area contributed by atoms with E-state index in [1.54, 1.807) is 0 Å². The van der Waals surface area contributed by atoms with Crippen molar-refractivity contribution in [2.75, 3.05) is 13.6 Å². The number of fused-ring (bicyclic) bond motifs is 1. The summed E-state index contributed by atoms with van der Waals surface area (Å²) in [6.07, 6.45) is 5.23. The number of rotatable bonds is 0. The number of likely N-dealkylation sites (N-methyl/N-ethyl adjacent to an activating group) is 1. The topological polar surface area (TPSA) is 32.3 Å². The van der Waals surface area contributed by atoms with Gasteiger partial charge in [0.15, 0.2) is 0 Å². The first-order valence-corrected chi connectivity index (χ1v) is 4.60. The van der Waals surface area contributed by atoms with E-state index in [0.29, 0.717) is 5.92 Å². The third kappa shape index (κ3) is 1.52. The Morgan fingerprint density at radius 3 is 3.15 bits per heavy atom. The van der Waals surface area contributed by atoms with Gasteiger partial charge < -0.3 is 0 Å². The van der Waals surface area contributed by atoms with E-state index in [0.717, 1.165) is 18.5 Å². The van der Waals surface area contributed by atoms with Gasteiger partial charge in [-0.15, -0.1) is 0 Å². The largest absolute Gasteiger partial charge is 0.285 e. The summed E-state index contributed by atoms with van der Waals surface area (Å²) in [6.45, 7) is 2.99. The van der Waals surface area contributed by atoms with E-state index in [4.69, 9.17) is 0 Å². The number of nitrogens with one attached hydrogen (secondary N) is 1. The first kappa shape index (κ1) is 8.51. The van der Waals surface area contributed by atoms with Crippen LogP contribution in [0, 0.1) is 5.92 Å². The fraction of sp³-hybridized carbons (Fsp3) is 0.500. The van der Waals surface area contributed by atoms with Crippen LogP contribution in [0.15, 0.2) is 23.3 Å². The lowest BCUT2D eigenvalue weighted by atomic mass is 9.90. The molecule has 1 N–H and O–H groups in total. The molecule has 0 bridgehead atoms. The van der Waals surface area contributed by atoms with Crippen LogP contribution in [0.1, 0.15) is 13.3 Å². The van der Waals surface area contributed by atoms with Crippen molar-refractivity contribution in [2.24, 2.45) is 5.92 Å². The molecule has 1 unspecified atom stereocenters. The fourth-order valence-electron chi connectivity index (χ4n) is 1.84. The molecule has 1 amide bonds. The van der Waals surface area contributed by atoms with Crippen molar-refractivity contribution in [1.82, 2.24) is 10.4 Å². The number of carbonyl (C=O) groups is 1. The Morgan fingerprint density at radius 2 is 2.38 bits per heavy atom. The smallest absolute Gasteiger partial charge is 0.265 e. The Bertz CT molecular complexity index is 304. The van der Waals surface area contributed by atoms with Crippen LogP contribution in [-0.4, -0.2) is 24.5 Å². The normalized spacial score (nSPS) is 28.8. The molecule has 1 saturated heterocycles. The van der Waals surface area contributed by atoms with Gasteiger partial charge in [-0.25, -0.2) is 5.01 Å². The Labute approximate surface area is 78.1 Å². The van der Waals surface area contributed by atoms with Gasteiger partial charge in [-0.2, -0.15) is 0 Å². The number of hydrogen-bond acceptors (Lipinski definition) is 2. The van der Waals surface area contributed by atoms with E-state index in [9.17, 15) is 4.79 Å². The number of nitrogens with zero attached hydrogens (tertiary/aromatic N) is 1. The van der Waals surface area contributed by atoms with Crippen molar-refractivity contribution in [2.45, 2.75) is 13.3 Å². The van der Waals surface area contributed by atoms with Crippen LogP contribution < -0.4 is 5.43 Å². The van der Waals surface area contributed by atoms with E-state index in [1.165, 1.54) is 5.57 Å². The number of hydrogen-bond donors (Lipinski definition) is 1. The monoisotopic (exact) mass is 178 g/mol. The van der Waals surface area contributed by atoms with Gasteiger partial charge >= 0.3 is 0 Å². The van der Waals surface area contributed by atoms with Crippen LogP contribution in [0.2, 0.25) is 0 Å². The maximum atomic E-state index is 11.5. The summed E-state index contributed by atoms with van der Waals surface area (Å²) < 4.78 is 0. The minimum atomic E-state index is 0.0342. The molecule has 2 rings (SSSR count). The summed E-state index contributed by atoms with van der Waals surface area (Å²) in [5, 5.41) is 1.82. The highest BCUT2D eigenvalue weighted by atomic mass is 16.2. The third-order valence-corrected chi connectivity index (χ3v) is 2.47. The Morgan fingerprint density at radius 1 is 1.62 bits per heavy atom. The molecule has 0 aromatic carbocycles. The molecule has 0 saturated carbocycles. The highest BCUT2D eigenvalue weighted by Crippen LogP contribution is 2.25. The molecule has 1 aliphatic carbocycles. The van der Waals surface area contributed by atoms with Gasteiger partial charge in [0.25, 0.3) is 5.91 Å². The molecule has 0 spiro atoms. The molecular formula is C10H14N2O. The van der Waals surface area contributed by atoms with Crippen LogP contribution >= 0.6 is 0 Å². The molecule has 0 aromatic heterocycles. The Hall–Kier alpha value is -1.09. The zero-order chi connectivity index (χ0) is 9.42. The minimum absolute atomic E-state index is 0.0342. The summed E-state index contributed by atoms with van der Waals surface area (Å²) in [4.78, 5) is 11.5. The maximum Gasteiger partial charge on any atom is 0.265 e. The molecule has 3 heteroatoms. The van der Waals surface area contributed by atoms with Gasteiger partial charge in [-0.1, -0.05) is 19.1 Å². The first-order chi connectivity index (χ1) is 6.16. The SMILES string of the molecule is CC1C=C2CN(C)NC(=O)C2=CC1. The van der Waals surface area contributed by atoms with Gasteiger partial charge in [-0.3, -0.25) is 10.2 Å². The van der Waals surface area contributed by atoms with Crippen molar-refractivity contribution in [3.63, 3.8) is 0 Å². The van der Waals surface area contributed by atoms with E-state index in [-0.39, 0.29) is 5.91 Å². The molecule has 1 aliphatic heterocycles. The molecule has 1 fully saturated rings. The zero-order valence-electron chi connectivity index (χ0n) is 8.00. The van der Waals surface area contributed by atoms with Gasteiger partial charge in [0.05, 0.1) is 0 Å². The van der Waals surface area contributed by atoms with E-state index in [1.807, 2.05) is 18.1 Å². The van der Waals surface area contributed by atoms with E-state index >= 15 is 0 Å². The van der Waals surface area contributed by atoms with Crippen molar-refractivity contribution < 1.29 is 4.79 Å². The number of allylic oxidation sites excluding steroid dienone is 2. The maximum absolute atomic E-state index is 11.5. The molecule has 0 radical (unpaired) electrons. The first-order valence-electron chi connectivity index (χ1n) is 4.60. The molecule has 70 valence electrons. The van der Waals surface area contributed by atoms with Crippen LogP contribution in [0.3, 0.4) is 0 Å². The quantitative estimate of drug-likeness (QED) is 0.596. The fourth-order valence-corrected chi connectivity index (χ4v) is 1.84. The molecule has 1 atom stereocenters. The van der Waals surface area contributed by atoms with Crippen molar-refractivity contribution >= 4 is 5.91 Å². The van der Waals surface area contributed by atoms with E-state index < -0.39 is 0 Å². The van der Waals surface area contributed by atoms with Crippen LogP contribution in [0.5, 0.6) is 0 Å². The van der Waals surface area contributed by atoms with E-state index in [2.05, 4.69) is 18.4 Å². The van der Waals surface area contributed by atoms with Crippen LogP contribution in [0.4, 0.5) is 0 Å². The summed E-state index contributed by atoms with van der Waals surface area (Å²) in [5.41, 5.74) is 4.82. The zero-order valence-corrected chi connectivity index (χ0v) is 8.00. The lowest BCUT2D eigenvalue weighted by molar-refractivity contribution is -0.122. The second-order valence-electron chi connectivity index (χ2n) is 3.82. The van der Waals surface area contributed by atoms with Gasteiger partial charge in [-0.05, 0) is 17.9 Å². The summed E-state index contributed by atoms with van der Waals surface area (Å²) >= 11 is 0. The predicted molar refractivity (Wildman–Crippen MR) is 50.7 cm³/mol. The second-order valence-corrected chi connectivity index (χ2v) is 3.82. The highest BCUT2D eigenvalue weighted by molar-refractivity contribution is 5.98. The highest BCUT2D eigenvalue weighted by Gasteiger charge is 2.25. The molecule has 2 aliphatic rings. The van der Waals surface area contributed by atoms with Crippen molar-refractivity contribution in [1.29, 1.82) is 0 Å². The Balaban J connectivity index is 2.29. The Kier molecular flexibility index (Phi) is 1.96. The predicted octanol–water partition coefficient (Wildman–Crippen LogP) is 0.856. The van der Waals surface area contributed by atoms with Crippen LogP contribution in [0.25, 0.3) is 0 Å². The molecule has 1 heterocycles. The lowest BCUT2D eigenvalue weighted by Crippen LogP contribution is -2.47. The standard InChI is InChI=1S/C10H14N2O/c1-7-3-4-9-8(5-7)6-12(2)11-10(9)13/h4-5,7H,3,6H2,1-2H3,(H,11,13). The molecular weight excluding hydrogens is 164 g/mol. The van der Waals surface area contributed by atoms with Crippen LogP contribution in [-0.2, 0) is 4.79 Å². The average molecular weight is 178 g/mol. The second kappa shape index (κ2) is 3.00. The van der Waals surface area contributed by atoms with Gasteiger partial charge in [0, 0.05) is 19.2 Å². The summed E-state index contributed by atoms with van der Waals surface area (Å²) in [5.74, 6) is 0.602. The molecule has 3 nitrogen and oxygen atoms in total. The number of carbonyl (C=O) groups excluding carboxylic acids is 1. The van der Waals surface area contributed by atoms with Gasteiger partial charge in [0.1, 0.15) is 0 Å².